The van der Waals surface area contributed by atoms with E-state index >= 15 is 0 Å². The first-order valence-electron chi connectivity index (χ1n) is 6.95. The lowest BCUT2D eigenvalue weighted by Gasteiger charge is -2.40. The molecule has 2 amide bonds. The van der Waals surface area contributed by atoms with Crippen molar-refractivity contribution in [1.29, 1.82) is 0 Å². The second-order valence-electron chi connectivity index (χ2n) is 5.30. The monoisotopic (exact) mass is 266 g/mol. The molecule has 102 valence electrons. The van der Waals surface area contributed by atoms with E-state index in [1.807, 2.05) is 65.6 Å². The fourth-order valence-electron chi connectivity index (χ4n) is 2.52. The molecular formula is C17H18N2O. The second kappa shape index (κ2) is 5.37. The summed E-state index contributed by atoms with van der Waals surface area (Å²) in [5.74, 6) is 0.604. The van der Waals surface area contributed by atoms with Gasteiger partial charge in [0.2, 0.25) is 0 Å². The van der Waals surface area contributed by atoms with E-state index in [1.165, 1.54) is 0 Å². The average molecular weight is 266 g/mol. The zero-order valence-electron chi connectivity index (χ0n) is 11.6. The summed E-state index contributed by atoms with van der Waals surface area (Å²) in [7, 11) is 0. The number of hydrogen-bond acceptors (Lipinski definition) is 1. The molecule has 1 aliphatic rings. The fourth-order valence-corrected chi connectivity index (χ4v) is 2.52. The molecule has 0 atom stereocenters. The topological polar surface area (TPSA) is 23.6 Å². The molecule has 0 unspecified atom stereocenters. The van der Waals surface area contributed by atoms with Crippen LogP contribution < -0.4 is 4.90 Å². The highest BCUT2D eigenvalue weighted by Gasteiger charge is 2.31. The van der Waals surface area contributed by atoms with Crippen LogP contribution in [-0.4, -0.2) is 24.0 Å². The van der Waals surface area contributed by atoms with Crippen LogP contribution in [0.15, 0.2) is 60.7 Å². The van der Waals surface area contributed by atoms with E-state index in [0.717, 1.165) is 24.5 Å². The summed E-state index contributed by atoms with van der Waals surface area (Å²) >= 11 is 0. The molecule has 3 nitrogen and oxygen atoms in total. The number of carbonyl (C=O) groups excluding carboxylic acids is 1. The van der Waals surface area contributed by atoms with Gasteiger partial charge in [-0.05, 0) is 30.2 Å². The Morgan fingerprint density at radius 1 is 0.950 bits per heavy atom. The highest BCUT2D eigenvalue weighted by atomic mass is 16.2. The standard InChI is InChI=1S/C17H18N2O/c1-14-12-18(13-14)17(20)19(15-8-4-2-5-9-15)16-10-6-3-7-11-16/h2-11,14H,12-13H2,1H3. The third-order valence-electron chi connectivity index (χ3n) is 3.55. The van der Waals surface area contributed by atoms with Crippen molar-refractivity contribution >= 4 is 17.4 Å². The summed E-state index contributed by atoms with van der Waals surface area (Å²) in [4.78, 5) is 16.4. The number of hydrogen-bond donors (Lipinski definition) is 0. The Balaban J connectivity index is 1.94. The summed E-state index contributed by atoms with van der Waals surface area (Å²) in [6.07, 6.45) is 0. The van der Waals surface area contributed by atoms with Gasteiger partial charge >= 0.3 is 6.03 Å². The molecule has 1 fully saturated rings. The number of rotatable bonds is 2. The minimum atomic E-state index is 0.0560. The quantitative estimate of drug-likeness (QED) is 0.808. The summed E-state index contributed by atoms with van der Waals surface area (Å²) in [5, 5.41) is 0. The van der Waals surface area contributed by atoms with Crippen LogP contribution in [0.2, 0.25) is 0 Å². The Morgan fingerprint density at radius 3 is 1.80 bits per heavy atom. The number of anilines is 2. The van der Waals surface area contributed by atoms with E-state index in [1.54, 1.807) is 4.90 Å². The smallest absolute Gasteiger partial charge is 0.323 e. The summed E-state index contributed by atoms with van der Waals surface area (Å²) < 4.78 is 0. The van der Waals surface area contributed by atoms with Crippen molar-refractivity contribution in [3.8, 4) is 0 Å². The zero-order chi connectivity index (χ0) is 13.9. The van der Waals surface area contributed by atoms with E-state index in [2.05, 4.69) is 6.92 Å². The first-order valence-corrected chi connectivity index (χ1v) is 6.95. The Bertz CT molecular complexity index is 537. The van der Waals surface area contributed by atoms with Crippen molar-refractivity contribution in [2.75, 3.05) is 18.0 Å². The predicted octanol–water partition coefficient (Wildman–Crippen LogP) is 3.90. The Hall–Kier alpha value is -2.29. The molecule has 0 N–H and O–H groups in total. The van der Waals surface area contributed by atoms with Crippen LogP contribution in [-0.2, 0) is 0 Å². The number of likely N-dealkylation sites (tertiary alicyclic amines) is 1. The van der Waals surface area contributed by atoms with Crippen molar-refractivity contribution in [1.82, 2.24) is 4.90 Å². The first-order chi connectivity index (χ1) is 9.75. The van der Waals surface area contributed by atoms with Gasteiger partial charge in [-0.3, -0.25) is 4.90 Å². The van der Waals surface area contributed by atoms with Crippen LogP contribution in [0.3, 0.4) is 0 Å². The average Bonchev–Trinajstić information content (AvgIpc) is 2.46. The molecule has 2 aromatic carbocycles. The highest BCUT2D eigenvalue weighted by Crippen LogP contribution is 2.28. The Kier molecular flexibility index (Phi) is 3.42. The molecule has 1 aliphatic heterocycles. The molecule has 1 heterocycles. The normalized spacial score (nSPS) is 14.8. The summed E-state index contributed by atoms with van der Waals surface area (Å²) in [6, 6.07) is 19.7. The van der Waals surface area contributed by atoms with Gasteiger partial charge in [-0.1, -0.05) is 43.3 Å². The lowest BCUT2D eigenvalue weighted by atomic mass is 10.0. The van der Waals surface area contributed by atoms with Crippen LogP contribution in [0.5, 0.6) is 0 Å². The van der Waals surface area contributed by atoms with Crippen LogP contribution in [0.4, 0.5) is 16.2 Å². The zero-order valence-corrected chi connectivity index (χ0v) is 11.6. The number of urea groups is 1. The van der Waals surface area contributed by atoms with Gasteiger partial charge in [0.25, 0.3) is 0 Å². The number of benzene rings is 2. The molecule has 3 rings (SSSR count). The van der Waals surface area contributed by atoms with Gasteiger partial charge in [-0.15, -0.1) is 0 Å². The summed E-state index contributed by atoms with van der Waals surface area (Å²) in [6.45, 7) is 3.85. The maximum atomic E-state index is 12.7. The van der Waals surface area contributed by atoms with Gasteiger partial charge in [0.15, 0.2) is 0 Å². The molecule has 0 saturated carbocycles. The summed E-state index contributed by atoms with van der Waals surface area (Å²) in [5.41, 5.74) is 1.81. The molecule has 1 saturated heterocycles. The van der Waals surface area contributed by atoms with Crippen molar-refractivity contribution in [3.05, 3.63) is 60.7 Å². The fraction of sp³-hybridized carbons (Fsp3) is 0.235. The molecule has 2 aromatic rings. The SMILES string of the molecule is CC1CN(C(=O)N(c2ccccc2)c2ccccc2)C1. The lowest BCUT2D eigenvalue weighted by molar-refractivity contribution is 0.137. The maximum Gasteiger partial charge on any atom is 0.329 e. The number of amides is 2. The third-order valence-corrected chi connectivity index (χ3v) is 3.55. The van der Waals surface area contributed by atoms with Crippen LogP contribution in [0.25, 0.3) is 0 Å². The third kappa shape index (κ3) is 2.39. The highest BCUT2D eigenvalue weighted by molar-refractivity contribution is 5.99. The Morgan fingerprint density at radius 2 is 1.40 bits per heavy atom. The van der Waals surface area contributed by atoms with Crippen LogP contribution in [0, 0.1) is 5.92 Å². The van der Waals surface area contributed by atoms with Crippen LogP contribution in [0.1, 0.15) is 6.92 Å². The number of carbonyl (C=O) groups is 1. The van der Waals surface area contributed by atoms with E-state index in [9.17, 15) is 4.79 Å². The molecule has 0 aliphatic carbocycles. The largest absolute Gasteiger partial charge is 0.329 e. The first kappa shape index (κ1) is 12.7. The van der Waals surface area contributed by atoms with Crippen molar-refractivity contribution < 1.29 is 4.79 Å². The van der Waals surface area contributed by atoms with Gasteiger partial charge in [0.1, 0.15) is 0 Å². The van der Waals surface area contributed by atoms with Crippen molar-refractivity contribution in [2.45, 2.75) is 6.92 Å². The van der Waals surface area contributed by atoms with Gasteiger partial charge in [0.05, 0.1) is 11.4 Å². The Labute approximate surface area is 119 Å². The van der Waals surface area contributed by atoms with E-state index in [4.69, 9.17) is 0 Å². The van der Waals surface area contributed by atoms with Crippen molar-refractivity contribution in [3.63, 3.8) is 0 Å². The van der Waals surface area contributed by atoms with Gasteiger partial charge in [-0.2, -0.15) is 0 Å². The molecule has 20 heavy (non-hydrogen) atoms. The maximum absolute atomic E-state index is 12.7. The van der Waals surface area contributed by atoms with E-state index in [0.29, 0.717) is 5.92 Å². The minimum Gasteiger partial charge on any atom is -0.323 e. The van der Waals surface area contributed by atoms with E-state index in [-0.39, 0.29) is 6.03 Å². The number of para-hydroxylation sites is 2. The molecule has 0 aromatic heterocycles. The molecule has 3 heteroatoms. The van der Waals surface area contributed by atoms with Crippen LogP contribution >= 0.6 is 0 Å². The van der Waals surface area contributed by atoms with Gasteiger partial charge in [-0.25, -0.2) is 4.79 Å². The predicted molar refractivity (Wildman–Crippen MR) is 81.2 cm³/mol. The lowest BCUT2D eigenvalue weighted by Crippen LogP contribution is -2.53. The minimum absolute atomic E-state index is 0.0560. The van der Waals surface area contributed by atoms with Crippen molar-refractivity contribution in [2.24, 2.45) is 5.92 Å². The van der Waals surface area contributed by atoms with E-state index < -0.39 is 0 Å². The molecule has 0 radical (unpaired) electrons. The second-order valence-corrected chi connectivity index (χ2v) is 5.30. The molecule has 0 spiro atoms. The van der Waals surface area contributed by atoms with Gasteiger partial charge < -0.3 is 4.90 Å². The van der Waals surface area contributed by atoms with Gasteiger partial charge in [0, 0.05) is 13.1 Å². The molecular weight excluding hydrogens is 248 g/mol. The number of nitrogens with zero attached hydrogens (tertiary/aromatic N) is 2. The molecule has 0 bridgehead atoms.